The summed E-state index contributed by atoms with van der Waals surface area (Å²) in [6.07, 6.45) is 1.92. The molecule has 30 heavy (non-hydrogen) atoms. The van der Waals surface area contributed by atoms with Gasteiger partial charge in [-0.2, -0.15) is 5.06 Å². The molecule has 2 aromatic carbocycles. The summed E-state index contributed by atoms with van der Waals surface area (Å²) < 4.78 is 0. The van der Waals surface area contributed by atoms with Gasteiger partial charge >= 0.3 is 5.97 Å². The fourth-order valence-electron chi connectivity index (χ4n) is 2.53. The monoisotopic (exact) mass is 449 g/mol. The number of nitrogens with one attached hydrogen (secondary N) is 1. The van der Waals surface area contributed by atoms with Crippen molar-refractivity contribution in [2.45, 2.75) is 0 Å². The zero-order chi connectivity index (χ0) is 22.4. The summed E-state index contributed by atoms with van der Waals surface area (Å²) in [4.78, 5) is 40.0. The van der Waals surface area contributed by atoms with Crippen LogP contribution < -0.4 is 10.8 Å². The molecule has 0 atom stereocenters. The normalized spacial score (nSPS) is 10.1. The van der Waals surface area contributed by atoms with Gasteiger partial charge in [0, 0.05) is 27.7 Å². The summed E-state index contributed by atoms with van der Waals surface area (Å²) in [7, 11) is 1.37. The Bertz CT molecular complexity index is 1130. The molecule has 8 nitrogen and oxygen atoms in total. The summed E-state index contributed by atoms with van der Waals surface area (Å²) in [5.41, 5.74) is 7.12. The first kappa shape index (κ1) is 23.0. The summed E-state index contributed by atoms with van der Waals surface area (Å²) >= 11 is 11.6. The van der Waals surface area contributed by atoms with Gasteiger partial charge in [0.2, 0.25) is 12.3 Å². The van der Waals surface area contributed by atoms with Crippen LogP contribution in [-0.4, -0.2) is 35.5 Å². The summed E-state index contributed by atoms with van der Waals surface area (Å²) in [5.74, 6) is -1.62. The number of hydroxylamine groups is 1. The van der Waals surface area contributed by atoms with Crippen LogP contribution in [0.15, 0.2) is 49.2 Å². The molecule has 0 spiro atoms. The molecule has 0 radical (unpaired) electrons. The van der Waals surface area contributed by atoms with E-state index in [1.807, 2.05) is 0 Å². The predicted octanol–water partition coefficient (Wildman–Crippen LogP) is 3.88. The fourth-order valence-corrected chi connectivity index (χ4v) is 3.13. The number of carbonyl (C=O) groups excluding carboxylic acids is 2. The number of primary amides is 1. The van der Waals surface area contributed by atoms with Gasteiger partial charge in [0.15, 0.2) is 0 Å². The number of nitrogens with two attached hydrogens (primary N) is 1. The minimum Gasteiger partial charge on any atom is -0.478 e. The Morgan fingerprint density at radius 1 is 1.27 bits per heavy atom. The number of halogens is 2. The summed E-state index contributed by atoms with van der Waals surface area (Å²) in [6.45, 7) is 3.55. The van der Waals surface area contributed by atoms with Crippen molar-refractivity contribution in [1.29, 1.82) is 0 Å². The number of carboxylic acids is 1. The Labute approximate surface area is 181 Å². The number of hydrogen-bond donors (Lipinski definition) is 3. The van der Waals surface area contributed by atoms with E-state index in [1.165, 1.54) is 19.4 Å². The van der Waals surface area contributed by atoms with Crippen LogP contribution in [-0.2, 0) is 14.4 Å². The number of aromatic nitrogens is 1. The zero-order valence-electron chi connectivity index (χ0n) is 15.7. The predicted molar refractivity (Wildman–Crippen MR) is 116 cm³/mol. The lowest BCUT2D eigenvalue weighted by Gasteiger charge is -2.14. The Hall–Kier alpha value is -3.33. The average molecular weight is 450 g/mol. The van der Waals surface area contributed by atoms with Crippen LogP contribution in [0, 0.1) is 0 Å². The van der Waals surface area contributed by atoms with Gasteiger partial charge in [-0.1, -0.05) is 41.9 Å². The molecule has 0 saturated heterocycles. The molecule has 0 unspecified atom stereocenters. The zero-order valence-corrected chi connectivity index (χ0v) is 17.2. The number of nitrogens with zero attached hydrogens (tertiary/aromatic N) is 1. The lowest BCUT2D eigenvalue weighted by atomic mass is 10.1. The smallest absolute Gasteiger partial charge is 0.337 e. The van der Waals surface area contributed by atoms with E-state index in [-0.39, 0.29) is 11.1 Å². The van der Waals surface area contributed by atoms with Crippen molar-refractivity contribution in [3.63, 3.8) is 0 Å². The molecule has 0 aliphatic carbocycles. The molecule has 3 rings (SSSR count). The number of benzene rings is 2. The van der Waals surface area contributed by atoms with E-state index in [4.69, 9.17) is 38.9 Å². The van der Waals surface area contributed by atoms with Gasteiger partial charge in [0.1, 0.15) is 0 Å². The van der Waals surface area contributed by atoms with Gasteiger partial charge in [-0.15, -0.1) is 0 Å². The Kier molecular flexibility index (Phi) is 7.60. The molecular formula is C20H17Cl2N3O5. The molecular weight excluding hydrogens is 433 g/mol. The maximum atomic E-state index is 10.9. The number of amides is 2. The van der Waals surface area contributed by atoms with Crippen LogP contribution in [0.4, 0.5) is 5.69 Å². The number of carbonyl (C=O) groups is 3. The van der Waals surface area contributed by atoms with Crippen molar-refractivity contribution in [3.05, 3.63) is 70.3 Å². The van der Waals surface area contributed by atoms with Gasteiger partial charge in [-0.05, 0) is 29.8 Å². The van der Waals surface area contributed by atoms with E-state index in [9.17, 15) is 14.4 Å². The molecule has 0 bridgehead atoms. The molecule has 1 aromatic heterocycles. The quantitative estimate of drug-likeness (QED) is 0.299. The average Bonchev–Trinajstić information content (AvgIpc) is 3.13. The fraction of sp³-hybridized carbons (Fsp3) is 0.0500. The van der Waals surface area contributed by atoms with Crippen molar-refractivity contribution in [1.82, 2.24) is 4.98 Å². The highest BCUT2D eigenvalue weighted by Gasteiger charge is 2.14. The van der Waals surface area contributed by atoms with Gasteiger partial charge in [0.25, 0.3) is 0 Å². The van der Waals surface area contributed by atoms with E-state index < -0.39 is 11.9 Å². The lowest BCUT2D eigenvalue weighted by molar-refractivity contribution is -0.113. The van der Waals surface area contributed by atoms with Crippen molar-refractivity contribution < 1.29 is 24.3 Å². The molecule has 2 amide bonds. The number of fused-ring (bicyclic) bond motifs is 1. The van der Waals surface area contributed by atoms with Crippen LogP contribution in [0.1, 0.15) is 15.9 Å². The maximum absolute atomic E-state index is 10.9. The first-order valence-corrected chi connectivity index (χ1v) is 9.02. The van der Waals surface area contributed by atoms with Crippen LogP contribution in [0.25, 0.3) is 16.5 Å². The Morgan fingerprint density at radius 3 is 2.53 bits per heavy atom. The Balaban J connectivity index is 0.000000215. The molecule has 10 heteroatoms. The molecule has 0 saturated carbocycles. The van der Waals surface area contributed by atoms with Crippen molar-refractivity contribution in [2.24, 2.45) is 5.73 Å². The van der Waals surface area contributed by atoms with E-state index in [2.05, 4.69) is 11.6 Å². The summed E-state index contributed by atoms with van der Waals surface area (Å²) in [6, 6.07) is 9.76. The number of carboxylic acid groups (broad SMARTS) is 1. The lowest BCUT2D eigenvalue weighted by Crippen LogP contribution is -2.19. The van der Waals surface area contributed by atoms with E-state index in [0.717, 1.165) is 5.06 Å². The third-order valence-corrected chi connectivity index (χ3v) is 4.48. The van der Waals surface area contributed by atoms with Gasteiger partial charge < -0.3 is 15.8 Å². The number of anilines is 1. The third-order valence-electron chi connectivity index (χ3n) is 3.97. The number of aromatic amines is 1. The number of hydrogen-bond acceptors (Lipinski definition) is 4. The second-order valence-corrected chi connectivity index (χ2v) is 6.67. The Morgan fingerprint density at radius 2 is 1.97 bits per heavy atom. The highest BCUT2D eigenvalue weighted by Crippen LogP contribution is 2.30. The van der Waals surface area contributed by atoms with Crippen LogP contribution in [0.2, 0.25) is 10.0 Å². The SMILES string of the molecule is C=C(C(N)=O)c1cccc(N(C=O)OC)c1.O=C(O)c1c[nH]c2cc(Cl)cc(Cl)c12. The van der Waals surface area contributed by atoms with Gasteiger partial charge in [-0.3, -0.25) is 14.4 Å². The molecule has 4 N–H and O–H groups in total. The maximum Gasteiger partial charge on any atom is 0.337 e. The van der Waals surface area contributed by atoms with Gasteiger partial charge in [-0.25, -0.2) is 4.79 Å². The van der Waals surface area contributed by atoms with E-state index in [1.54, 1.807) is 30.3 Å². The molecule has 0 fully saturated rings. The summed E-state index contributed by atoms with van der Waals surface area (Å²) in [5, 5.41) is 11.2. The molecule has 0 aliphatic rings. The number of H-pyrrole nitrogens is 1. The minimum absolute atomic E-state index is 0.154. The topological polar surface area (TPSA) is 126 Å². The van der Waals surface area contributed by atoms with Crippen molar-refractivity contribution >= 4 is 63.7 Å². The van der Waals surface area contributed by atoms with Crippen LogP contribution in [0.3, 0.4) is 0 Å². The third kappa shape index (κ3) is 5.18. The van der Waals surface area contributed by atoms with Crippen molar-refractivity contribution in [3.8, 4) is 0 Å². The van der Waals surface area contributed by atoms with Crippen LogP contribution in [0.5, 0.6) is 0 Å². The molecule has 3 aromatic rings. The first-order valence-electron chi connectivity index (χ1n) is 8.26. The van der Waals surface area contributed by atoms with Gasteiger partial charge in [0.05, 0.1) is 23.4 Å². The van der Waals surface area contributed by atoms with Crippen molar-refractivity contribution in [2.75, 3.05) is 12.2 Å². The highest BCUT2D eigenvalue weighted by molar-refractivity contribution is 6.39. The van der Waals surface area contributed by atoms with E-state index in [0.29, 0.717) is 38.6 Å². The molecule has 1 heterocycles. The minimum atomic E-state index is -1.01. The highest BCUT2D eigenvalue weighted by atomic mass is 35.5. The second kappa shape index (κ2) is 9.93. The number of rotatable bonds is 6. The number of aromatic carboxylic acids is 1. The standard InChI is InChI=1S/C11H12N2O3.C9H5Cl2NO2/c1-8(11(12)15)9-4-3-5-10(6-9)13(7-14)16-2;10-4-1-6(11)8-5(9(13)14)3-12-7(8)2-4/h3-7H,1H2,2H3,(H2,12,15);1-3,12H,(H,13,14). The van der Waals surface area contributed by atoms with E-state index >= 15 is 0 Å². The molecule has 0 aliphatic heterocycles. The first-order chi connectivity index (χ1) is 14.2. The largest absolute Gasteiger partial charge is 0.478 e. The van der Waals surface area contributed by atoms with Crippen LogP contribution >= 0.6 is 23.2 Å². The molecule has 156 valence electrons. The second-order valence-electron chi connectivity index (χ2n) is 5.82.